The molecule has 28 heavy (non-hydrogen) atoms. The van der Waals surface area contributed by atoms with E-state index in [0.29, 0.717) is 0 Å². The third kappa shape index (κ3) is 2.26. The Morgan fingerprint density at radius 1 is 0.679 bits per heavy atom. The molecule has 0 spiro atoms. The third-order valence-corrected chi connectivity index (χ3v) is 6.54. The van der Waals surface area contributed by atoms with Gasteiger partial charge in [0.1, 0.15) is 0 Å². The maximum absolute atomic E-state index is 5.09. The predicted octanol–water partition coefficient (Wildman–Crippen LogP) is 7.13. The Hall–Kier alpha value is -3.30. The van der Waals surface area contributed by atoms with Crippen molar-refractivity contribution in [1.29, 1.82) is 0 Å². The minimum Gasteiger partial charge on any atom is -0.249 e. The zero-order valence-electron chi connectivity index (χ0n) is 15.3. The Morgan fingerprint density at radius 3 is 2.39 bits per heavy atom. The minimum atomic E-state index is 0.946. The number of benzene rings is 4. The van der Waals surface area contributed by atoms with E-state index < -0.39 is 0 Å². The van der Waals surface area contributed by atoms with Crippen molar-refractivity contribution in [1.82, 2.24) is 9.97 Å². The molecule has 0 fully saturated rings. The largest absolute Gasteiger partial charge is 0.249 e. The number of hydrogen-bond acceptors (Lipinski definition) is 3. The highest BCUT2D eigenvalue weighted by Gasteiger charge is 2.12. The van der Waals surface area contributed by atoms with Gasteiger partial charge in [0.15, 0.2) is 0 Å². The van der Waals surface area contributed by atoms with Gasteiger partial charge in [-0.05, 0) is 36.6 Å². The molecule has 0 N–H and O–H groups in total. The number of fused-ring (bicyclic) bond motifs is 6. The van der Waals surface area contributed by atoms with Crippen LogP contribution in [0.5, 0.6) is 0 Å². The summed E-state index contributed by atoms with van der Waals surface area (Å²) in [5.41, 5.74) is 4.95. The molecule has 0 bridgehead atoms. The summed E-state index contributed by atoms with van der Waals surface area (Å²) in [6.07, 6.45) is 0. The van der Waals surface area contributed by atoms with E-state index >= 15 is 0 Å². The number of rotatable bonds is 1. The van der Waals surface area contributed by atoms with Crippen molar-refractivity contribution in [2.45, 2.75) is 6.92 Å². The van der Waals surface area contributed by atoms with E-state index in [1.807, 2.05) is 18.3 Å². The van der Waals surface area contributed by atoms with Crippen LogP contribution in [0.1, 0.15) is 5.69 Å². The molecule has 0 unspecified atom stereocenters. The van der Waals surface area contributed by atoms with Gasteiger partial charge in [-0.1, -0.05) is 54.6 Å². The summed E-state index contributed by atoms with van der Waals surface area (Å²) in [5.74, 6) is 0. The smallest absolute Gasteiger partial charge is 0.0972 e. The molecule has 0 amide bonds. The molecule has 0 saturated heterocycles. The minimum absolute atomic E-state index is 0.946. The van der Waals surface area contributed by atoms with Crippen LogP contribution in [0.25, 0.3) is 53.2 Å². The van der Waals surface area contributed by atoms with Crippen LogP contribution in [0.2, 0.25) is 0 Å². The monoisotopic (exact) mass is 376 g/mol. The molecule has 0 aliphatic heterocycles. The van der Waals surface area contributed by atoms with Gasteiger partial charge in [-0.3, -0.25) is 0 Å². The Kier molecular flexibility index (Phi) is 3.28. The van der Waals surface area contributed by atoms with E-state index in [1.54, 1.807) is 0 Å². The quantitative estimate of drug-likeness (QED) is 0.285. The standard InChI is InChI=1S/C25H16N2S/c1-15-24(27-25-18-7-3-2-6-16(18)10-12-21(25)26-15)17-11-13-23-20(14-17)19-8-4-5-9-22(19)28-23/h2-14H,1H3. The van der Waals surface area contributed by atoms with Crippen molar-refractivity contribution < 1.29 is 0 Å². The lowest BCUT2D eigenvalue weighted by atomic mass is 10.0. The van der Waals surface area contributed by atoms with Gasteiger partial charge in [0.05, 0.1) is 22.4 Å². The Labute approximate surface area is 166 Å². The van der Waals surface area contributed by atoms with Crippen molar-refractivity contribution in [3.8, 4) is 11.3 Å². The van der Waals surface area contributed by atoms with Crippen molar-refractivity contribution >= 4 is 53.3 Å². The summed E-state index contributed by atoms with van der Waals surface area (Å²) in [5, 5.41) is 4.94. The molecule has 4 aromatic carbocycles. The van der Waals surface area contributed by atoms with E-state index in [-0.39, 0.29) is 0 Å². The second-order valence-electron chi connectivity index (χ2n) is 7.12. The molecular formula is C25H16N2S. The van der Waals surface area contributed by atoms with Crippen molar-refractivity contribution in [2.24, 2.45) is 0 Å². The Bertz CT molecular complexity index is 1530. The van der Waals surface area contributed by atoms with Gasteiger partial charge in [-0.15, -0.1) is 11.3 Å². The number of thiophene rings is 1. The van der Waals surface area contributed by atoms with Gasteiger partial charge in [0.2, 0.25) is 0 Å². The third-order valence-electron chi connectivity index (χ3n) is 5.38. The van der Waals surface area contributed by atoms with Crippen LogP contribution in [0.4, 0.5) is 0 Å². The SMILES string of the molecule is Cc1nc2ccc3ccccc3c2nc1-c1ccc2sc3ccccc3c2c1. The second-order valence-corrected chi connectivity index (χ2v) is 8.20. The number of aryl methyl sites for hydroxylation is 1. The molecule has 2 nitrogen and oxygen atoms in total. The molecular weight excluding hydrogens is 360 g/mol. The van der Waals surface area contributed by atoms with Gasteiger partial charge in [-0.25, -0.2) is 9.97 Å². The molecule has 0 aliphatic rings. The molecule has 3 heteroatoms. The zero-order valence-corrected chi connectivity index (χ0v) is 16.1. The van der Waals surface area contributed by atoms with E-state index in [1.165, 1.54) is 25.6 Å². The maximum Gasteiger partial charge on any atom is 0.0972 e. The van der Waals surface area contributed by atoms with E-state index in [4.69, 9.17) is 9.97 Å². The molecule has 6 rings (SSSR count). The van der Waals surface area contributed by atoms with Gasteiger partial charge in [-0.2, -0.15) is 0 Å². The van der Waals surface area contributed by atoms with Gasteiger partial charge >= 0.3 is 0 Å². The first kappa shape index (κ1) is 15.7. The summed E-state index contributed by atoms with van der Waals surface area (Å²) in [4.78, 5) is 9.96. The topological polar surface area (TPSA) is 25.8 Å². The first-order chi connectivity index (χ1) is 13.8. The van der Waals surface area contributed by atoms with Gasteiger partial charge in [0.25, 0.3) is 0 Å². The van der Waals surface area contributed by atoms with Crippen LogP contribution in [0, 0.1) is 6.92 Å². The highest BCUT2D eigenvalue weighted by atomic mass is 32.1. The summed E-state index contributed by atoms with van der Waals surface area (Å²) in [6.45, 7) is 2.05. The first-order valence-corrected chi connectivity index (χ1v) is 10.2. The fraction of sp³-hybridized carbons (Fsp3) is 0.0400. The van der Waals surface area contributed by atoms with Crippen LogP contribution in [-0.4, -0.2) is 9.97 Å². The fourth-order valence-corrected chi connectivity index (χ4v) is 5.11. The highest BCUT2D eigenvalue weighted by Crippen LogP contribution is 2.36. The fourth-order valence-electron chi connectivity index (χ4n) is 4.02. The van der Waals surface area contributed by atoms with Crippen molar-refractivity contribution in [3.63, 3.8) is 0 Å². The average molecular weight is 376 g/mol. The van der Waals surface area contributed by atoms with Crippen molar-refractivity contribution in [2.75, 3.05) is 0 Å². The van der Waals surface area contributed by atoms with Crippen LogP contribution >= 0.6 is 11.3 Å². The molecule has 132 valence electrons. The van der Waals surface area contributed by atoms with Gasteiger partial charge in [0, 0.05) is 31.1 Å². The summed E-state index contributed by atoms with van der Waals surface area (Å²) < 4.78 is 2.63. The van der Waals surface area contributed by atoms with Crippen LogP contribution in [0.3, 0.4) is 0 Å². The lowest BCUT2D eigenvalue weighted by Gasteiger charge is -2.09. The molecule has 2 aromatic heterocycles. The van der Waals surface area contributed by atoms with E-state index in [9.17, 15) is 0 Å². The molecule has 0 atom stereocenters. The van der Waals surface area contributed by atoms with Gasteiger partial charge < -0.3 is 0 Å². The van der Waals surface area contributed by atoms with Crippen LogP contribution < -0.4 is 0 Å². The van der Waals surface area contributed by atoms with E-state index in [0.717, 1.165) is 33.4 Å². The molecule has 2 heterocycles. The number of hydrogen-bond donors (Lipinski definition) is 0. The highest BCUT2D eigenvalue weighted by molar-refractivity contribution is 7.25. The van der Waals surface area contributed by atoms with Crippen LogP contribution in [0.15, 0.2) is 78.9 Å². The number of aromatic nitrogens is 2. The zero-order chi connectivity index (χ0) is 18.7. The van der Waals surface area contributed by atoms with Crippen LogP contribution in [-0.2, 0) is 0 Å². The summed E-state index contributed by atoms with van der Waals surface area (Å²) in [7, 11) is 0. The number of nitrogens with zero attached hydrogens (tertiary/aromatic N) is 2. The van der Waals surface area contributed by atoms with Crippen molar-refractivity contribution in [3.05, 3.63) is 84.6 Å². The van der Waals surface area contributed by atoms with E-state index in [2.05, 4.69) is 78.9 Å². The Morgan fingerprint density at radius 2 is 1.46 bits per heavy atom. The maximum atomic E-state index is 5.09. The average Bonchev–Trinajstić information content (AvgIpc) is 3.11. The first-order valence-electron chi connectivity index (χ1n) is 9.36. The molecule has 0 aliphatic carbocycles. The lowest BCUT2D eigenvalue weighted by Crippen LogP contribution is -1.95. The lowest BCUT2D eigenvalue weighted by molar-refractivity contribution is 1.19. The Balaban J connectivity index is 1.66. The second kappa shape index (κ2) is 5.85. The summed E-state index contributed by atoms with van der Waals surface area (Å²) in [6, 6.07) is 27.8. The normalized spacial score (nSPS) is 11.8. The summed E-state index contributed by atoms with van der Waals surface area (Å²) >= 11 is 1.84. The predicted molar refractivity (Wildman–Crippen MR) is 120 cm³/mol. The molecule has 0 radical (unpaired) electrons. The molecule has 0 saturated carbocycles. The molecule has 6 aromatic rings.